The number of furan rings is 1. The first-order valence-corrected chi connectivity index (χ1v) is 10.9. The van der Waals surface area contributed by atoms with Crippen molar-refractivity contribution in [2.24, 2.45) is 11.7 Å². The van der Waals surface area contributed by atoms with Gasteiger partial charge in [0.15, 0.2) is 11.5 Å². The molecule has 1 fully saturated rings. The maximum atomic E-state index is 13.7. The van der Waals surface area contributed by atoms with Crippen molar-refractivity contribution in [1.82, 2.24) is 19.8 Å². The van der Waals surface area contributed by atoms with Crippen LogP contribution in [0.3, 0.4) is 0 Å². The highest BCUT2D eigenvalue weighted by Crippen LogP contribution is 2.35. The van der Waals surface area contributed by atoms with Crippen LogP contribution >= 0.6 is 0 Å². The van der Waals surface area contributed by atoms with E-state index in [2.05, 4.69) is 16.9 Å². The number of fused-ring (bicyclic) bond motifs is 1. The highest BCUT2D eigenvalue weighted by molar-refractivity contribution is 5.78. The average Bonchev–Trinajstić information content (AvgIpc) is 3.29. The lowest BCUT2D eigenvalue weighted by molar-refractivity contribution is -0.142. The minimum absolute atomic E-state index is 0.000701. The Morgan fingerprint density at radius 2 is 2.12 bits per heavy atom. The summed E-state index contributed by atoms with van der Waals surface area (Å²) in [6, 6.07) is 0.931. The second-order valence-electron chi connectivity index (χ2n) is 8.80. The molecule has 0 aliphatic carbocycles. The molecule has 0 saturated carbocycles. The first kappa shape index (κ1) is 23.2. The summed E-state index contributed by atoms with van der Waals surface area (Å²) in [5.41, 5.74) is 5.68. The SMILES string of the molecule is C[C@@H]1CCC(=O)N(C[C@H](N)CC(=O)N2CCc3c(nc(-c4ccoc4)nc3C(F)(F)F)C2)C1. The molecule has 0 unspecified atom stereocenters. The van der Waals surface area contributed by atoms with Crippen LogP contribution in [0.5, 0.6) is 0 Å². The highest BCUT2D eigenvalue weighted by atomic mass is 19.4. The summed E-state index contributed by atoms with van der Waals surface area (Å²) in [4.78, 5) is 36.2. The Balaban J connectivity index is 1.48. The third kappa shape index (κ3) is 5.18. The van der Waals surface area contributed by atoms with Gasteiger partial charge in [0.05, 0.1) is 24.1 Å². The number of rotatable bonds is 5. The number of carbonyl (C=O) groups is 2. The van der Waals surface area contributed by atoms with Crippen molar-refractivity contribution in [3.63, 3.8) is 0 Å². The number of nitrogens with zero attached hydrogens (tertiary/aromatic N) is 4. The fraction of sp³-hybridized carbons (Fsp3) is 0.545. The van der Waals surface area contributed by atoms with Crippen molar-refractivity contribution in [3.05, 3.63) is 35.5 Å². The van der Waals surface area contributed by atoms with Gasteiger partial charge in [0.25, 0.3) is 0 Å². The molecule has 2 N–H and O–H groups in total. The predicted molar refractivity (Wildman–Crippen MR) is 111 cm³/mol. The van der Waals surface area contributed by atoms with Gasteiger partial charge < -0.3 is 20.0 Å². The van der Waals surface area contributed by atoms with Crippen LogP contribution in [0.1, 0.15) is 43.1 Å². The van der Waals surface area contributed by atoms with E-state index in [1.165, 1.54) is 23.5 Å². The molecule has 33 heavy (non-hydrogen) atoms. The van der Waals surface area contributed by atoms with Gasteiger partial charge in [0.1, 0.15) is 6.26 Å². The maximum absolute atomic E-state index is 13.7. The van der Waals surface area contributed by atoms with Crippen LogP contribution in [-0.2, 0) is 28.7 Å². The lowest BCUT2D eigenvalue weighted by Gasteiger charge is -2.34. The van der Waals surface area contributed by atoms with Gasteiger partial charge in [-0.05, 0) is 24.8 Å². The largest absolute Gasteiger partial charge is 0.472 e. The predicted octanol–water partition coefficient (Wildman–Crippen LogP) is 2.62. The molecule has 1 saturated heterocycles. The van der Waals surface area contributed by atoms with Gasteiger partial charge in [0, 0.05) is 44.1 Å². The number of alkyl halides is 3. The minimum Gasteiger partial charge on any atom is -0.472 e. The zero-order valence-electron chi connectivity index (χ0n) is 18.3. The molecule has 2 aromatic rings. The summed E-state index contributed by atoms with van der Waals surface area (Å²) in [5, 5.41) is 0. The first-order chi connectivity index (χ1) is 15.6. The van der Waals surface area contributed by atoms with Crippen molar-refractivity contribution in [2.45, 2.75) is 51.4 Å². The van der Waals surface area contributed by atoms with Crippen molar-refractivity contribution >= 4 is 11.8 Å². The lowest BCUT2D eigenvalue weighted by atomic mass is 9.98. The summed E-state index contributed by atoms with van der Waals surface area (Å²) in [6.45, 7) is 3.03. The molecule has 178 valence electrons. The monoisotopic (exact) mass is 465 g/mol. The van der Waals surface area contributed by atoms with E-state index in [-0.39, 0.29) is 61.4 Å². The van der Waals surface area contributed by atoms with Crippen LogP contribution < -0.4 is 5.73 Å². The van der Waals surface area contributed by atoms with Crippen molar-refractivity contribution in [3.8, 4) is 11.4 Å². The number of aromatic nitrogens is 2. The number of likely N-dealkylation sites (tertiary alicyclic amines) is 1. The molecule has 2 aromatic heterocycles. The maximum Gasteiger partial charge on any atom is 0.433 e. The third-order valence-corrected chi connectivity index (χ3v) is 6.09. The molecule has 0 aromatic carbocycles. The molecule has 2 aliphatic rings. The van der Waals surface area contributed by atoms with Gasteiger partial charge in [-0.3, -0.25) is 9.59 Å². The number of hydrogen-bond donors (Lipinski definition) is 1. The second kappa shape index (κ2) is 9.12. The van der Waals surface area contributed by atoms with Gasteiger partial charge in [-0.2, -0.15) is 13.2 Å². The lowest BCUT2D eigenvalue weighted by Crippen LogP contribution is -2.48. The van der Waals surface area contributed by atoms with E-state index in [4.69, 9.17) is 10.2 Å². The molecule has 8 nitrogen and oxygen atoms in total. The zero-order valence-corrected chi connectivity index (χ0v) is 18.3. The van der Waals surface area contributed by atoms with E-state index < -0.39 is 17.9 Å². The smallest absolute Gasteiger partial charge is 0.433 e. The van der Waals surface area contributed by atoms with E-state index in [1.807, 2.05) is 0 Å². The summed E-state index contributed by atoms with van der Waals surface area (Å²) < 4.78 is 45.9. The molecule has 2 amide bonds. The van der Waals surface area contributed by atoms with Crippen LogP contribution in [0, 0.1) is 5.92 Å². The number of hydrogen-bond acceptors (Lipinski definition) is 6. The Hall–Kier alpha value is -2.95. The van der Waals surface area contributed by atoms with Gasteiger partial charge in [-0.1, -0.05) is 6.92 Å². The molecule has 11 heteroatoms. The minimum atomic E-state index is -4.64. The van der Waals surface area contributed by atoms with Crippen LogP contribution in [-0.4, -0.2) is 57.3 Å². The number of carbonyl (C=O) groups excluding carboxylic acids is 2. The Bertz CT molecular complexity index is 1030. The highest BCUT2D eigenvalue weighted by Gasteiger charge is 2.39. The van der Waals surface area contributed by atoms with Crippen LogP contribution in [0.2, 0.25) is 0 Å². The van der Waals surface area contributed by atoms with Crippen molar-refractivity contribution in [1.29, 1.82) is 0 Å². The van der Waals surface area contributed by atoms with Gasteiger partial charge >= 0.3 is 6.18 Å². The molecular formula is C22H26F3N5O3. The second-order valence-corrected chi connectivity index (χ2v) is 8.80. The molecule has 4 heterocycles. The zero-order chi connectivity index (χ0) is 23.8. The van der Waals surface area contributed by atoms with Crippen LogP contribution in [0.4, 0.5) is 13.2 Å². The summed E-state index contributed by atoms with van der Waals surface area (Å²) in [5.74, 6) is 0.0448. The summed E-state index contributed by atoms with van der Waals surface area (Å²) >= 11 is 0. The van der Waals surface area contributed by atoms with E-state index >= 15 is 0 Å². The Morgan fingerprint density at radius 1 is 1.33 bits per heavy atom. The van der Waals surface area contributed by atoms with E-state index in [0.717, 1.165) is 6.42 Å². The fourth-order valence-corrected chi connectivity index (χ4v) is 4.37. The molecule has 0 bridgehead atoms. The quantitative estimate of drug-likeness (QED) is 0.728. The van der Waals surface area contributed by atoms with Gasteiger partial charge in [-0.25, -0.2) is 9.97 Å². The summed E-state index contributed by atoms with van der Waals surface area (Å²) in [6.07, 6.45) is -0.716. The van der Waals surface area contributed by atoms with Crippen molar-refractivity contribution < 1.29 is 27.2 Å². The van der Waals surface area contributed by atoms with Gasteiger partial charge in [-0.15, -0.1) is 0 Å². The Morgan fingerprint density at radius 3 is 2.82 bits per heavy atom. The first-order valence-electron chi connectivity index (χ1n) is 10.9. The number of piperidine rings is 1. The molecule has 0 radical (unpaired) electrons. The number of nitrogens with two attached hydrogens (primary N) is 1. The molecule has 0 spiro atoms. The normalized spacial score (nSPS) is 20.0. The molecule has 2 atom stereocenters. The molecular weight excluding hydrogens is 439 g/mol. The van der Waals surface area contributed by atoms with Crippen LogP contribution in [0.15, 0.2) is 23.0 Å². The average molecular weight is 465 g/mol. The topological polar surface area (TPSA) is 106 Å². The number of halogens is 3. The van der Waals surface area contributed by atoms with Crippen LogP contribution in [0.25, 0.3) is 11.4 Å². The standard InChI is InChI=1S/C22H26F3N5O3/c1-13-2-3-18(31)30(9-13)10-15(26)8-19(32)29-6-4-16-17(11-29)27-21(14-5-7-33-12-14)28-20(16)22(23,24)25/h5,7,12-13,15H,2-4,6,8-11,26H2,1H3/t13-,15-/m1/s1. The third-order valence-electron chi connectivity index (χ3n) is 6.09. The van der Waals surface area contributed by atoms with Gasteiger partial charge in [0.2, 0.25) is 11.8 Å². The fourth-order valence-electron chi connectivity index (χ4n) is 4.37. The Labute approximate surface area is 188 Å². The van der Waals surface area contributed by atoms with E-state index in [9.17, 15) is 22.8 Å². The molecule has 2 aliphatic heterocycles. The number of amides is 2. The Kier molecular flexibility index (Phi) is 6.42. The molecule has 4 rings (SSSR count). The van der Waals surface area contributed by atoms with E-state index in [1.54, 1.807) is 4.90 Å². The van der Waals surface area contributed by atoms with E-state index in [0.29, 0.717) is 24.4 Å². The van der Waals surface area contributed by atoms with Crippen molar-refractivity contribution in [2.75, 3.05) is 19.6 Å². The summed E-state index contributed by atoms with van der Waals surface area (Å²) in [7, 11) is 0.